The fourth-order valence-corrected chi connectivity index (χ4v) is 4.42. The number of anilines is 1. The molecule has 7 nitrogen and oxygen atoms in total. The number of benzene rings is 3. The Morgan fingerprint density at radius 3 is 2.21 bits per heavy atom. The maximum absolute atomic E-state index is 12.2. The summed E-state index contributed by atoms with van der Waals surface area (Å²) in [5, 5.41) is 25.2. The summed E-state index contributed by atoms with van der Waals surface area (Å²) in [6.45, 7) is 1.84. The molecule has 0 aliphatic carbocycles. The molecule has 2 aromatic heterocycles. The van der Waals surface area contributed by atoms with Crippen LogP contribution in [-0.2, 0) is 4.79 Å². The lowest BCUT2D eigenvalue weighted by atomic mass is 10.00. The molecule has 2 heterocycles. The third kappa shape index (κ3) is 3.39. The van der Waals surface area contributed by atoms with Crippen molar-refractivity contribution in [2.24, 2.45) is 0 Å². The van der Waals surface area contributed by atoms with E-state index in [0.29, 0.717) is 10.3 Å². The number of hydrogen-bond donors (Lipinski definition) is 1. The molecular weight excluding hydrogens is 404 g/mol. The van der Waals surface area contributed by atoms with Crippen LogP contribution in [0.4, 0.5) is 5.13 Å². The zero-order chi connectivity index (χ0) is 19.8. The highest BCUT2D eigenvalue weighted by molar-refractivity contribution is 7.99. The minimum Gasteiger partial charge on any atom is -0.300 e. The van der Waals surface area contributed by atoms with E-state index in [4.69, 9.17) is 4.98 Å². The van der Waals surface area contributed by atoms with Crippen LogP contribution in [0.25, 0.3) is 32.6 Å². The Morgan fingerprint density at radius 2 is 1.55 bits per heavy atom. The lowest BCUT2D eigenvalue weighted by Crippen LogP contribution is -2.14. The van der Waals surface area contributed by atoms with Gasteiger partial charge in [-0.05, 0) is 17.7 Å². The van der Waals surface area contributed by atoms with Gasteiger partial charge in [-0.2, -0.15) is 0 Å². The second-order valence-corrected chi connectivity index (χ2v) is 8.47. The Balaban J connectivity index is 1.49. The summed E-state index contributed by atoms with van der Waals surface area (Å²) in [5.41, 5.74) is 1.55. The van der Waals surface area contributed by atoms with Crippen molar-refractivity contribution < 1.29 is 4.79 Å². The number of hydrogen-bond acceptors (Lipinski definition) is 8. The number of amides is 1. The highest BCUT2D eigenvalue weighted by atomic mass is 32.2. The van der Waals surface area contributed by atoms with E-state index < -0.39 is 0 Å². The van der Waals surface area contributed by atoms with E-state index in [1.165, 1.54) is 23.1 Å². The molecule has 0 unspecified atom stereocenters. The molecule has 0 aliphatic heterocycles. The van der Waals surface area contributed by atoms with Crippen molar-refractivity contribution in [3.8, 4) is 0 Å². The molecule has 0 saturated heterocycles. The largest absolute Gasteiger partial charge is 0.300 e. The molecule has 142 valence electrons. The molecule has 1 N–H and O–H groups in total. The zero-order valence-corrected chi connectivity index (χ0v) is 16.9. The van der Waals surface area contributed by atoms with Crippen LogP contribution in [-0.4, -0.2) is 37.0 Å². The van der Waals surface area contributed by atoms with Crippen LogP contribution in [0.3, 0.4) is 0 Å². The predicted octanol–water partition coefficient (Wildman–Crippen LogP) is 4.22. The average molecular weight is 419 g/mol. The lowest BCUT2D eigenvalue weighted by molar-refractivity contribution is -0.113. The topological polar surface area (TPSA) is 93.6 Å². The van der Waals surface area contributed by atoms with Gasteiger partial charge in [-0.3, -0.25) is 10.1 Å². The van der Waals surface area contributed by atoms with Crippen LogP contribution in [0.1, 0.15) is 5.01 Å². The van der Waals surface area contributed by atoms with Gasteiger partial charge in [-0.15, -0.1) is 20.4 Å². The van der Waals surface area contributed by atoms with Gasteiger partial charge in [-0.1, -0.05) is 71.6 Å². The Hall–Kier alpha value is -3.17. The predicted molar refractivity (Wildman–Crippen MR) is 116 cm³/mol. The summed E-state index contributed by atoms with van der Waals surface area (Å²) >= 11 is 2.58. The first-order valence-corrected chi connectivity index (χ1v) is 10.7. The van der Waals surface area contributed by atoms with Gasteiger partial charge in [0.15, 0.2) is 0 Å². The van der Waals surface area contributed by atoms with E-state index in [-0.39, 0.29) is 11.7 Å². The van der Waals surface area contributed by atoms with Crippen molar-refractivity contribution in [1.82, 2.24) is 25.4 Å². The molecule has 0 saturated carbocycles. The van der Waals surface area contributed by atoms with Crippen LogP contribution < -0.4 is 5.32 Å². The summed E-state index contributed by atoms with van der Waals surface area (Å²) in [4.78, 5) is 16.9. The summed E-state index contributed by atoms with van der Waals surface area (Å²) in [7, 11) is 0. The molecule has 9 heteroatoms. The van der Waals surface area contributed by atoms with E-state index in [1.54, 1.807) is 0 Å². The van der Waals surface area contributed by atoms with Crippen LogP contribution in [0.2, 0.25) is 0 Å². The Bertz CT molecular complexity index is 1350. The van der Waals surface area contributed by atoms with Crippen molar-refractivity contribution >= 4 is 66.7 Å². The molecular formula is C20H14N6OS2. The van der Waals surface area contributed by atoms with Crippen LogP contribution in [0.15, 0.2) is 53.7 Å². The molecule has 1 amide bonds. The molecule has 0 radical (unpaired) electrons. The van der Waals surface area contributed by atoms with Gasteiger partial charge in [0.1, 0.15) is 16.0 Å². The van der Waals surface area contributed by atoms with Crippen molar-refractivity contribution in [3.05, 3.63) is 53.5 Å². The maximum atomic E-state index is 12.2. The number of rotatable bonds is 4. The maximum Gasteiger partial charge on any atom is 0.236 e. The summed E-state index contributed by atoms with van der Waals surface area (Å²) in [6.07, 6.45) is 0. The van der Waals surface area contributed by atoms with E-state index in [0.717, 1.165) is 37.6 Å². The number of carbonyl (C=O) groups excluding carboxylic acids is 1. The number of aromatic nitrogens is 5. The fraction of sp³-hybridized carbons (Fsp3) is 0.100. The second-order valence-electron chi connectivity index (χ2n) is 6.35. The highest BCUT2D eigenvalue weighted by Crippen LogP contribution is 2.33. The Labute approximate surface area is 173 Å². The van der Waals surface area contributed by atoms with Crippen LogP contribution in [0.5, 0.6) is 0 Å². The molecule has 0 aliphatic rings. The quantitative estimate of drug-likeness (QED) is 0.345. The van der Waals surface area contributed by atoms with E-state index in [2.05, 4.69) is 37.8 Å². The average Bonchev–Trinajstić information content (AvgIpc) is 3.17. The molecule has 0 fully saturated rings. The zero-order valence-electron chi connectivity index (χ0n) is 15.3. The number of nitrogens with one attached hydrogen (secondary N) is 1. The monoisotopic (exact) mass is 418 g/mol. The highest BCUT2D eigenvalue weighted by Gasteiger charge is 2.13. The van der Waals surface area contributed by atoms with E-state index in [1.807, 2.05) is 43.3 Å². The van der Waals surface area contributed by atoms with E-state index >= 15 is 0 Å². The molecule has 0 bridgehead atoms. The number of aryl methyl sites for hydroxylation is 1. The first-order chi connectivity index (χ1) is 14.2. The van der Waals surface area contributed by atoms with Crippen LogP contribution >= 0.6 is 23.1 Å². The summed E-state index contributed by atoms with van der Waals surface area (Å²) in [5.74, 6) is -0.0182. The molecule has 5 aromatic rings. The van der Waals surface area contributed by atoms with Crippen molar-refractivity contribution in [3.63, 3.8) is 0 Å². The standard InChI is InChI=1S/C20H14N6OS2/c1-11-23-26-20(29-11)21-16(27)10-28-19-22-17-14-8-4-2-6-12(14)13-7-3-5-9-15(13)18(17)24-25-19/h2-9H,10H2,1H3,(H,21,26,27). The van der Waals surface area contributed by atoms with Gasteiger partial charge >= 0.3 is 0 Å². The minimum absolute atomic E-state index is 0.164. The third-order valence-electron chi connectivity index (χ3n) is 4.43. The smallest absolute Gasteiger partial charge is 0.236 e. The number of carbonyl (C=O) groups is 1. The van der Waals surface area contributed by atoms with Gasteiger partial charge < -0.3 is 0 Å². The van der Waals surface area contributed by atoms with Gasteiger partial charge in [-0.25, -0.2) is 4.98 Å². The minimum atomic E-state index is -0.182. The van der Waals surface area contributed by atoms with Gasteiger partial charge in [0, 0.05) is 10.8 Å². The van der Waals surface area contributed by atoms with Gasteiger partial charge in [0.05, 0.1) is 5.75 Å². The SMILES string of the molecule is Cc1nnc(NC(=O)CSc2nnc3c4ccccc4c4ccccc4c3n2)s1. The fourth-order valence-electron chi connectivity index (χ4n) is 3.22. The number of thioether (sulfide) groups is 1. The molecule has 0 atom stereocenters. The molecule has 29 heavy (non-hydrogen) atoms. The number of nitrogens with zero attached hydrogens (tertiary/aromatic N) is 5. The molecule has 3 aromatic carbocycles. The van der Waals surface area contributed by atoms with Crippen molar-refractivity contribution in [2.75, 3.05) is 11.1 Å². The summed E-state index contributed by atoms with van der Waals surface area (Å²) < 4.78 is 0. The van der Waals surface area contributed by atoms with E-state index in [9.17, 15) is 4.79 Å². The van der Waals surface area contributed by atoms with Crippen LogP contribution in [0, 0.1) is 6.92 Å². The first kappa shape index (κ1) is 17.9. The number of fused-ring (bicyclic) bond motifs is 6. The molecule has 0 spiro atoms. The molecule has 5 rings (SSSR count). The lowest BCUT2D eigenvalue weighted by Gasteiger charge is -2.09. The Morgan fingerprint density at radius 1 is 0.897 bits per heavy atom. The van der Waals surface area contributed by atoms with Gasteiger partial charge in [0.2, 0.25) is 16.2 Å². The third-order valence-corrected chi connectivity index (χ3v) is 6.02. The van der Waals surface area contributed by atoms with Crippen molar-refractivity contribution in [1.29, 1.82) is 0 Å². The van der Waals surface area contributed by atoms with Crippen molar-refractivity contribution in [2.45, 2.75) is 12.1 Å². The normalized spacial score (nSPS) is 11.3. The first-order valence-electron chi connectivity index (χ1n) is 8.86. The van der Waals surface area contributed by atoms with Gasteiger partial charge in [0.25, 0.3) is 0 Å². The summed E-state index contributed by atoms with van der Waals surface area (Å²) in [6, 6.07) is 16.3. The Kier molecular flexibility index (Phi) is 4.53. The second kappa shape index (κ2) is 7.34.